The standard InChI is InChI=1S/C17H16F3N/c18-13-8-9-14(16(20)15(13)19)21-17(10-4-5-11-17)12-6-2-1-3-7-12/h1-3,6-9,21H,4-5,10-11H2. The molecule has 0 bridgehead atoms. The van der Waals surface area contributed by atoms with Crippen LogP contribution in [0.25, 0.3) is 0 Å². The van der Waals surface area contributed by atoms with E-state index in [9.17, 15) is 13.2 Å². The normalized spacial score (nSPS) is 16.9. The molecule has 1 aliphatic rings. The van der Waals surface area contributed by atoms with Crippen LogP contribution in [-0.2, 0) is 5.54 Å². The zero-order chi connectivity index (χ0) is 14.9. The van der Waals surface area contributed by atoms with Crippen molar-refractivity contribution in [2.45, 2.75) is 31.2 Å². The third-order valence-corrected chi connectivity index (χ3v) is 4.19. The Morgan fingerprint density at radius 1 is 0.810 bits per heavy atom. The van der Waals surface area contributed by atoms with Gasteiger partial charge in [-0.25, -0.2) is 13.2 Å². The summed E-state index contributed by atoms with van der Waals surface area (Å²) in [5, 5.41) is 3.13. The van der Waals surface area contributed by atoms with E-state index in [1.807, 2.05) is 30.3 Å². The Kier molecular flexibility index (Phi) is 3.62. The minimum Gasteiger partial charge on any atom is -0.373 e. The van der Waals surface area contributed by atoms with Crippen molar-refractivity contribution in [3.8, 4) is 0 Å². The molecule has 1 N–H and O–H groups in total. The molecule has 3 rings (SSSR count). The quantitative estimate of drug-likeness (QED) is 0.786. The second kappa shape index (κ2) is 5.43. The van der Waals surface area contributed by atoms with Crippen LogP contribution in [0.2, 0.25) is 0 Å². The fourth-order valence-electron chi connectivity index (χ4n) is 3.10. The number of rotatable bonds is 3. The smallest absolute Gasteiger partial charge is 0.196 e. The first-order chi connectivity index (χ1) is 10.1. The number of halogens is 3. The van der Waals surface area contributed by atoms with Gasteiger partial charge in [-0.05, 0) is 30.5 Å². The molecule has 1 saturated carbocycles. The summed E-state index contributed by atoms with van der Waals surface area (Å²) in [7, 11) is 0. The third kappa shape index (κ3) is 2.50. The molecule has 0 unspecified atom stereocenters. The van der Waals surface area contributed by atoms with Gasteiger partial charge in [-0.2, -0.15) is 0 Å². The molecule has 110 valence electrons. The molecule has 0 saturated heterocycles. The highest BCUT2D eigenvalue weighted by molar-refractivity contribution is 5.50. The van der Waals surface area contributed by atoms with E-state index in [1.54, 1.807) is 0 Å². The Morgan fingerprint density at radius 2 is 1.48 bits per heavy atom. The molecule has 0 amide bonds. The highest BCUT2D eigenvalue weighted by atomic mass is 19.2. The topological polar surface area (TPSA) is 12.0 Å². The molecule has 1 aliphatic carbocycles. The molecule has 1 nitrogen and oxygen atoms in total. The lowest BCUT2D eigenvalue weighted by Crippen LogP contribution is -2.32. The molecule has 0 spiro atoms. The predicted molar refractivity (Wildman–Crippen MR) is 76.5 cm³/mol. The molecule has 2 aromatic carbocycles. The molecule has 21 heavy (non-hydrogen) atoms. The van der Waals surface area contributed by atoms with Crippen LogP contribution < -0.4 is 5.32 Å². The van der Waals surface area contributed by atoms with Crippen LogP contribution in [0.1, 0.15) is 31.2 Å². The van der Waals surface area contributed by atoms with Crippen LogP contribution in [0, 0.1) is 17.5 Å². The largest absolute Gasteiger partial charge is 0.373 e. The number of hydrogen-bond acceptors (Lipinski definition) is 1. The molecule has 1 fully saturated rings. The number of anilines is 1. The minimum atomic E-state index is -1.43. The van der Waals surface area contributed by atoms with Crippen molar-refractivity contribution in [1.82, 2.24) is 0 Å². The van der Waals surface area contributed by atoms with E-state index in [0.717, 1.165) is 37.3 Å². The maximum Gasteiger partial charge on any atom is 0.196 e. The summed E-state index contributed by atoms with van der Waals surface area (Å²) in [4.78, 5) is 0. The van der Waals surface area contributed by atoms with Crippen LogP contribution in [0.3, 0.4) is 0 Å². The van der Waals surface area contributed by atoms with Crippen molar-refractivity contribution in [2.24, 2.45) is 0 Å². The van der Waals surface area contributed by atoms with Crippen LogP contribution in [0.15, 0.2) is 42.5 Å². The molecule has 0 atom stereocenters. The van der Waals surface area contributed by atoms with Gasteiger partial charge in [0.25, 0.3) is 0 Å². The van der Waals surface area contributed by atoms with Gasteiger partial charge in [0.1, 0.15) is 0 Å². The van der Waals surface area contributed by atoms with Crippen LogP contribution in [0.5, 0.6) is 0 Å². The Bertz CT molecular complexity index is 634. The first-order valence-electron chi connectivity index (χ1n) is 7.10. The molecule has 0 radical (unpaired) electrons. The highest BCUT2D eigenvalue weighted by Crippen LogP contribution is 2.42. The average Bonchev–Trinajstić information content (AvgIpc) is 2.99. The van der Waals surface area contributed by atoms with E-state index < -0.39 is 23.0 Å². The number of nitrogens with one attached hydrogen (secondary N) is 1. The van der Waals surface area contributed by atoms with Gasteiger partial charge in [0, 0.05) is 0 Å². The SMILES string of the molecule is Fc1ccc(NC2(c3ccccc3)CCCC2)c(F)c1F. The van der Waals surface area contributed by atoms with Gasteiger partial charge in [-0.1, -0.05) is 43.2 Å². The van der Waals surface area contributed by atoms with Gasteiger partial charge < -0.3 is 5.32 Å². The molecule has 0 aliphatic heterocycles. The number of benzene rings is 2. The Hall–Kier alpha value is -1.97. The van der Waals surface area contributed by atoms with Crippen LogP contribution >= 0.6 is 0 Å². The summed E-state index contributed by atoms with van der Waals surface area (Å²) < 4.78 is 40.4. The fraction of sp³-hybridized carbons (Fsp3) is 0.294. The Labute approximate surface area is 121 Å². The van der Waals surface area contributed by atoms with Gasteiger partial charge in [0.05, 0.1) is 11.2 Å². The van der Waals surface area contributed by atoms with Crippen LogP contribution in [-0.4, -0.2) is 0 Å². The first-order valence-corrected chi connectivity index (χ1v) is 7.10. The average molecular weight is 291 g/mol. The Morgan fingerprint density at radius 3 is 2.14 bits per heavy atom. The lowest BCUT2D eigenvalue weighted by Gasteiger charge is -2.32. The zero-order valence-electron chi connectivity index (χ0n) is 11.5. The van der Waals surface area contributed by atoms with E-state index in [4.69, 9.17) is 0 Å². The molecule has 2 aromatic rings. The molecule has 0 heterocycles. The monoisotopic (exact) mass is 291 g/mol. The van der Waals surface area contributed by atoms with Gasteiger partial charge in [0.2, 0.25) is 0 Å². The predicted octanol–water partition coefficient (Wildman–Crippen LogP) is 4.99. The number of hydrogen-bond donors (Lipinski definition) is 1. The zero-order valence-corrected chi connectivity index (χ0v) is 11.5. The lowest BCUT2D eigenvalue weighted by atomic mass is 9.88. The summed E-state index contributed by atoms with van der Waals surface area (Å²) in [6, 6.07) is 12.0. The van der Waals surface area contributed by atoms with Crippen molar-refractivity contribution in [1.29, 1.82) is 0 Å². The Balaban J connectivity index is 1.99. The summed E-state index contributed by atoms with van der Waals surface area (Å²) in [6.07, 6.45) is 3.73. The molecule has 4 heteroatoms. The summed E-state index contributed by atoms with van der Waals surface area (Å²) in [5.74, 6) is -3.75. The summed E-state index contributed by atoms with van der Waals surface area (Å²) in [6.45, 7) is 0. The van der Waals surface area contributed by atoms with Gasteiger partial charge in [0.15, 0.2) is 17.5 Å². The van der Waals surface area contributed by atoms with Gasteiger partial charge in [-0.15, -0.1) is 0 Å². The van der Waals surface area contributed by atoms with Crippen molar-refractivity contribution < 1.29 is 13.2 Å². The van der Waals surface area contributed by atoms with Crippen molar-refractivity contribution in [2.75, 3.05) is 5.32 Å². The highest BCUT2D eigenvalue weighted by Gasteiger charge is 2.36. The maximum atomic E-state index is 13.9. The van der Waals surface area contributed by atoms with Gasteiger partial charge in [-0.3, -0.25) is 0 Å². The summed E-state index contributed by atoms with van der Waals surface area (Å²) in [5.41, 5.74) is 0.651. The van der Waals surface area contributed by atoms with Gasteiger partial charge >= 0.3 is 0 Å². The van der Waals surface area contributed by atoms with E-state index in [1.165, 1.54) is 6.07 Å². The molecular weight excluding hydrogens is 275 g/mol. The summed E-state index contributed by atoms with van der Waals surface area (Å²) >= 11 is 0. The maximum absolute atomic E-state index is 13.9. The van der Waals surface area contributed by atoms with E-state index in [-0.39, 0.29) is 5.69 Å². The third-order valence-electron chi connectivity index (χ3n) is 4.19. The first kappa shape index (κ1) is 14.0. The fourth-order valence-corrected chi connectivity index (χ4v) is 3.10. The second-order valence-electron chi connectivity index (χ2n) is 5.50. The van der Waals surface area contributed by atoms with Crippen molar-refractivity contribution in [3.05, 3.63) is 65.5 Å². The van der Waals surface area contributed by atoms with Crippen LogP contribution in [0.4, 0.5) is 18.9 Å². The lowest BCUT2D eigenvalue weighted by molar-refractivity contribution is 0.442. The van der Waals surface area contributed by atoms with E-state index in [0.29, 0.717) is 0 Å². The molecular formula is C17H16F3N. The second-order valence-corrected chi connectivity index (χ2v) is 5.50. The molecule has 0 aromatic heterocycles. The minimum absolute atomic E-state index is 0.0136. The van der Waals surface area contributed by atoms with Crippen molar-refractivity contribution in [3.63, 3.8) is 0 Å². The van der Waals surface area contributed by atoms with E-state index in [2.05, 4.69) is 5.32 Å². The van der Waals surface area contributed by atoms with Crippen molar-refractivity contribution >= 4 is 5.69 Å². The van der Waals surface area contributed by atoms with E-state index >= 15 is 0 Å².